The van der Waals surface area contributed by atoms with Crippen molar-refractivity contribution in [3.05, 3.63) is 81.1 Å². The second kappa shape index (κ2) is 15.0. The van der Waals surface area contributed by atoms with E-state index in [-0.39, 0.29) is 17.1 Å². The summed E-state index contributed by atoms with van der Waals surface area (Å²) in [5.74, 6) is 0.408. The molecule has 244 valence electrons. The van der Waals surface area contributed by atoms with E-state index in [1.165, 1.54) is 16.6 Å². The van der Waals surface area contributed by atoms with Gasteiger partial charge < -0.3 is 20.9 Å². The summed E-state index contributed by atoms with van der Waals surface area (Å²) in [6.45, 7) is 6.31. The predicted octanol–water partition coefficient (Wildman–Crippen LogP) is 7.02. The number of rotatable bonds is 11. The summed E-state index contributed by atoms with van der Waals surface area (Å²) < 4.78 is 16.8. The topological polar surface area (TPSA) is 134 Å². The van der Waals surface area contributed by atoms with Gasteiger partial charge in [0.25, 0.3) is 0 Å². The van der Waals surface area contributed by atoms with Crippen LogP contribution in [-0.2, 0) is 6.42 Å². The minimum atomic E-state index is -0.521. The molecule has 0 spiro atoms. The Balaban J connectivity index is 1.33. The summed E-state index contributed by atoms with van der Waals surface area (Å²) in [6, 6.07) is 14.1. The van der Waals surface area contributed by atoms with Gasteiger partial charge in [-0.15, -0.1) is 0 Å². The normalized spacial score (nSPS) is 17.4. The fourth-order valence-electron chi connectivity index (χ4n) is 6.35. The highest BCUT2D eigenvalue weighted by atomic mass is 35.5. The lowest BCUT2D eigenvalue weighted by Gasteiger charge is -2.23. The third-order valence-corrected chi connectivity index (χ3v) is 8.92. The molecule has 0 amide bonds. The molecule has 6 N–H and O–H groups in total. The molecule has 1 fully saturated rings. The first-order chi connectivity index (χ1) is 22.1. The molecule has 1 saturated heterocycles. The molecule has 0 aliphatic carbocycles. The van der Waals surface area contributed by atoms with Gasteiger partial charge in [-0.1, -0.05) is 36.6 Å². The van der Waals surface area contributed by atoms with Gasteiger partial charge >= 0.3 is 5.69 Å². The van der Waals surface area contributed by atoms with Crippen molar-refractivity contribution < 1.29 is 4.39 Å². The Hall–Kier alpha value is -4.02. The van der Waals surface area contributed by atoms with Crippen molar-refractivity contribution in [1.82, 2.24) is 30.5 Å². The molecule has 2 aromatic heterocycles. The molecule has 3 heterocycles. The van der Waals surface area contributed by atoms with Gasteiger partial charge in [0, 0.05) is 41.8 Å². The summed E-state index contributed by atoms with van der Waals surface area (Å²) in [7, 11) is 0. The third kappa shape index (κ3) is 8.41. The number of H-pyrrole nitrogens is 1. The zero-order valence-corrected chi connectivity index (χ0v) is 27.5. The van der Waals surface area contributed by atoms with Crippen molar-refractivity contribution in [2.24, 2.45) is 0 Å². The van der Waals surface area contributed by atoms with Crippen LogP contribution in [0, 0.1) is 16.6 Å². The number of hydrogen-bond acceptors (Lipinski definition) is 5. The predicted molar refractivity (Wildman–Crippen MR) is 185 cm³/mol. The average Bonchev–Trinajstić information content (AvgIpc) is 3.26. The number of aryl methyl sites for hydroxylation is 1. The van der Waals surface area contributed by atoms with Crippen LogP contribution >= 0.6 is 11.6 Å². The van der Waals surface area contributed by atoms with E-state index in [9.17, 15) is 4.79 Å². The van der Waals surface area contributed by atoms with E-state index >= 15 is 4.39 Å². The Morgan fingerprint density at radius 2 is 1.89 bits per heavy atom. The summed E-state index contributed by atoms with van der Waals surface area (Å²) in [5, 5.41) is 26.0. The molecule has 5 rings (SSSR count). The zero-order valence-electron chi connectivity index (χ0n) is 26.8. The number of aromatic amines is 1. The van der Waals surface area contributed by atoms with E-state index < -0.39 is 11.5 Å². The van der Waals surface area contributed by atoms with Crippen molar-refractivity contribution in [3.8, 4) is 16.9 Å². The molecule has 0 radical (unpaired) electrons. The van der Waals surface area contributed by atoms with E-state index in [2.05, 4.69) is 38.1 Å². The van der Waals surface area contributed by atoms with Gasteiger partial charge in [0.15, 0.2) is 5.82 Å². The number of hydrogen-bond donors (Lipinski definition) is 6. The third-order valence-electron chi connectivity index (χ3n) is 8.64. The van der Waals surface area contributed by atoms with Crippen LogP contribution in [0.4, 0.5) is 4.39 Å². The molecule has 0 saturated carbocycles. The molecule has 0 unspecified atom stereocenters. The molecular weight excluding hydrogens is 603 g/mol. The van der Waals surface area contributed by atoms with Crippen molar-refractivity contribution in [2.75, 3.05) is 6.54 Å². The minimum absolute atomic E-state index is 0.0490. The summed E-state index contributed by atoms with van der Waals surface area (Å²) in [6.07, 6.45) is 9.65. The van der Waals surface area contributed by atoms with Crippen molar-refractivity contribution in [3.63, 3.8) is 0 Å². The summed E-state index contributed by atoms with van der Waals surface area (Å²) in [5.41, 5.74) is 3.61. The van der Waals surface area contributed by atoms with Crippen LogP contribution in [0.25, 0.3) is 28.0 Å². The Morgan fingerprint density at radius 3 is 2.63 bits per heavy atom. The Morgan fingerprint density at radius 1 is 1.13 bits per heavy atom. The zero-order chi connectivity index (χ0) is 32.8. The standard InChI is InChI=1S/C35H44ClFN8O/c1-21(41-23(3)39)7-6-8-24-17-29(33(37)30(36)18-24)32-19-26-20-45(35(46)44-34(26)43-32)28-13-11-25(12-14-28)31-10-5-4-9-27(42-31)15-16-40-22(2)38/h11-14,17-21,27,31,42H,4-10,15-16H2,1-3H3,(H2,38,40)(H2,39,41)(H,43,44,46)/t21-,27-,31-/m0/s1. The van der Waals surface area contributed by atoms with Gasteiger partial charge in [0.2, 0.25) is 0 Å². The minimum Gasteiger partial charge on any atom is -0.374 e. The van der Waals surface area contributed by atoms with Crippen molar-refractivity contribution in [1.29, 1.82) is 10.8 Å². The molecule has 46 heavy (non-hydrogen) atoms. The molecule has 0 bridgehead atoms. The second-order valence-corrected chi connectivity index (χ2v) is 12.9. The van der Waals surface area contributed by atoms with Crippen LogP contribution < -0.4 is 21.6 Å². The van der Waals surface area contributed by atoms with Crippen LogP contribution in [0.15, 0.2) is 53.5 Å². The van der Waals surface area contributed by atoms with Gasteiger partial charge in [-0.2, -0.15) is 4.98 Å². The number of aromatic nitrogens is 3. The maximum atomic E-state index is 15.3. The fourth-order valence-corrected chi connectivity index (χ4v) is 6.59. The maximum Gasteiger partial charge on any atom is 0.354 e. The Bertz CT molecular complexity index is 1750. The Labute approximate surface area is 274 Å². The number of benzene rings is 2. The quantitative estimate of drug-likeness (QED) is 0.0769. The molecule has 1 aliphatic rings. The Kier molecular flexibility index (Phi) is 10.9. The van der Waals surface area contributed by atoms with Crippen LogP contribution in [-0.4, -0.2) is 44.8 Å². The van der Waals surface area contributed by atoms with Crippen LogP contribution in [0.5, 0.6) is 0 Å². The number of amidine groups is 2. The highest BCUT2D eigenvalue weighted by Gasteiger charge is 2.21. The number of nitrogens with one attached hydrogen (secondary N) is 6. The number of fused-ring (bicyclic) bond motifs is 1. The number of nitrogens with zero attached hydrogens (tertiary/aromatic N) is 2. The van der Waals surface area contributed by atoms with Gasteiger partial charge in [-0.3, -0.25) is 15.4 Å². The SMILES string of the molecule is CC(=N)NCC[C@@H]1CCCC[C@@H](c2ccc(-n3cc4cc(-c5cc(CCC[C@H](C)NC(C)=N)cc(Cl)c5F)[nH]c4nc3=O)cc2)N1. The van der Waals surface area contributed by atoms with Gasteiger partial charge in [0.1, 0.15) is 5.65 Å². The molecule has 3 atom stereocenters. The van der Waals surface area contributed by atoms with E-state index in [1.54, 1.807) is 38.2 Å². The van der Waals surface area contributed by atoms with Crippen LogP contribution in [0.2, 0.25) is 5.02 Å². The largest absolute Gasteiger partial charge is 0.374 e. The average molecular weight is 647 g/mol. The monoisotopic (exact) mass is 646 g/mol. The lowest BCUT2D eigenvalue weighted by molar-refractivity contribution is 0.417. The lowest BCUT2D eigenvalue weighted by atomic mass is 10.0. The molecule has 11 heteroatoms. The van der Waals surface area contributed by atoms with Crippen LogP contribution in [0.3, 0.4) is 0 Å². The van der Waals surface area contributed by atoms with Gasteiger partial charge in [0.05, 0.1) is 28.1 Å². The van der Waals surface area contributed by atoms with Crippen molar-refractivity contribution in [2.45, 2.75) is 90.3 Å². The highest BCUT2D eigenvalue weighted by Crippen LogP contribution is 2.32. The molecule has 9 nitrogen and oxygen atoms in total. The van der Waals surface area contributed by atoms with E-state index in [1.807, 2.05) is 19.1 Å². The van der Waals surface area contributed by atoms with E-state index in [0.29, 0.717) is 52.1 Å². The highest BCUT2D eigenvalue weighted by molar-refractivity contribution is 6.31. The van der Waals surface area contributed by atoms with Crippen molar-refractivity contribution >= 4 is 34.3 Å². The molecule has 2 aromatic carbocycles. The first-order valence-electron chi connectivity index (χ1n) is 16.1. The van der Waals surface area contributed by atoms with E-state index in [4.69, 9.17) is 22.4 Å². The van der Waals surface area contributed by atoms with E-state index in [0.717, 1.165) is 50.6 Å². The lowest BCUT2D eigenvalue weighted by Crippen LogP contribution is -2.34. The van der Waals surface area contributed by atoms with Gasteiger partial charge in [-0.05, 0) is 101 Å². The first-order valence-corrected chi connectivity index (χ1v) is 16.5. The molecule has 1 aliphatic heterocycles. The number of halogens is 2. The smallest absolute Gasteiger partial charge is 0.354 e. The van der Waals surface area contributed by atoms with Gasteiger partial charge in [-0.25, -0.2) is 9.18 Å². The fraction of sp³-hybridized carbons (Fsp3) is 0.429. The maximum absolute atomic E-state index is 15.3. The summed E-state index contributed by atoms with van der Waals surface area (Å²) >= 11 is 6.31. The first kappa shape index (κ1) is 33.3. The summed E-state index contributed by atoms with van der Waals surface area (Å²) in [4.78, 5) is 20.5. The molecular formula is C35H44ClFN8O. The molecule has 4 aromatic rings. The van der Waals surface area contributed by atoms with Crippen LogP contribution in [0.1, 0.15) is 82.9 Å². The second-order valence-electron chi connectivity index (χ2n) is 12.5.